The van der Waals surface area contributed by atoms with Crippen LogP contribution in [0.1, 0.15) is 29.5 Å². The first-order valence-electron chi connectivity index (χ1n) is 9.20. The molecule has 134 valence electrons. The molecule has 4 heteroatoms. The monoisotopic (exact) mass is 348 g/mol. The Balaban J connectivity index is 1.50. The van der Waals surface area contributed by atoms with Crippen molar-refractivity contribution >= 4 is 0 Å². The average Bonchev–Trinajstić information content (AvgIpc) is 3.23. The molecule has 1 heterocycles. The number of aliphatic hydroxyl groups is 1. The molecular weight excluding hydrogens is 324 g/mol. The van der Waals surface area contributed by atoms with Crippen molar-refractivity contribution in [1.82, 2.24) is 4.90 Å². The van der Waals surface area contributed by atoms with Crippen LogP contribution in [0.25, 0.3) is 0 Å². The Morgan fingerprint density at radius 1 is 1.23 bits per heavy atom. The first kappa shape index (κ1) is 17.1. The smallest absolute Gasteiger partial charge is 0.119 e. The van der Waals surface area contributed by atoms with E-state index in [4.69, 9.17) is 10.00 Å². The van der Waals surface area contributed by atoms with Crippen molar-refractivity contribution in [2.45, 2.75) is 25.0 Å². The van der Waals surface area contributed by atoms with E-state index in [1.807, 2.05) is 48.5 Å². The zero-order chi connectivity index (χ0) is 18.1. The zero-order valence-electron chi connectivity index (χ0n) is 15.1. The summed E-state index contributed by atoms with van der Waals surface area (Å²) in [7, 11) is 1.66. The van der Waals surface area contributed by atoms with Crippen LogP contribution in [0.4, 0.5) is 0 Å². The van der Waals surface area contributed by atoms with Gasteiger partial charge in [0, 0.05) is 25.6 Å². The number of rotatable bonds is 4. The molecule has 26 heavy (non-hydrogen) atoms. The third-order valence-electron chi connectivity index (χ3n) is 6.09. The van der Waals surface area contributed by atoms with E-state index in [0.29, 0.717) is 11.5 Å². The van der Waals surface area contributed by atoms with Crippen LogP contribution in [0.3, 0.4) is 0 Å². The molecule has 2 aliphatic rings. The lowest BCUT2D eigenvalue weighted by Gasteiger charge is -2.31. The Labute approximate surface area is 154 Å². The second kappa shape index (κ2) is 6.75. The minimum Gasteiger partial charge on any atom is -0.497 e. The Morgan fingerprint density at radius 2 is 2.04 bits per heavy atom. The fraction of sp³-hybridized carbons (Fsp3) is 0.409. The van der Waals surface area contributed by atoms with E-state index in [1.165, 1.54) is 5.56 Å². The molecule has 0 spiro atoms. The summed E-state index contributed by atoms with van der Waals surface area (Å²) in [6.07, 6.45) is 1.88. The quantitative estimate of drug-likeness (QED) is 0.921. The van der Waals surface area contributed by atoms with Crippen LogP contribution in [0.15, 0.2) is 48.5 Å². The number of likely N-dealkylation sites (tertiary alicyclic amines) is 1. The summed E-state index contributed by atoms with van der Waals surface area (Å²) < 4.78 is 5.35. The van der Waals surface area contributed by atoms with Gasteiger partial charge in [-0.3, -0.25) is 4.90 Å². The maximum Gasteiger partial charge on any atom is 0.119 e. The molecule has 0 amide bonds. The third-order valence-corrected chi connectivity index (χ3v) is 6.09. The number of fused-ring (bicyclic) bond motifs is 1. The fourth-order valence-corrected chi connectivity index (χ4v) is 4.71. The largest absolute Gasteiger partial charge is 0.497 e. The van der Waals surface area contributed by atoms with Crippen LogP contribution < -0.4 is 4.74 Å². The fourth-order valence-electron chi connectivity index (χ4n) is 4.71. The number of hydrogen-bond acceptors (Lipinski definition) is 4. The highest BCUT2D eigenvalue weighted by atomic mass is 16.5. The first-order chi connectivity index (χ1) is 12.6. The van der Waals surface area contributed by atoms with Crippen molar-refractivity contribution < 1.29 is 9.84 Å². The van der Waals surface area contributed by atoms with Crippen molar-refractivity contribution in [2.75, 3.05) is 20.2 Å². The molecule has 1 aliphatic carbocycles. The molecule has 0 radical (unpaired) electrons. The lowest BCUT2D eigenvalue weighted by Crippen LogP contribution is -2.34. The summed E-state index contributed by atoms with van der Waals surface area (Å²) in [5.41, 5.74) is 2.12. The maximum absolute atomic E-state index is 11.5. The van der Waals surface area contributed by atoms with Gasteiger partial charge >= 0.3 is 0 Å². The molecule has 3 atom stereocenters. The van der Waals surface area contributed by atoms with Crippen molar-refractivity contribution in [3.63, 3.8) is 0 Å². The van der Waals surface area contributed by atoms with Gasteiger partial charge < -0.3 is 9.84 Å². The Kier molecular flexibility index (Phi) is 4.44. The molecule has 0 bridgehead atoms. The van der Waals surface area contributed by atoms with Gasteiger partial charge in [-0.1, -0.05) is 24.3 Å². The number of hydrogen-bond donors (Lipinski definition) is 1. The number of ether oxygens (including phenoxy) is 1. The van der Waals surface area contributed by atoms with E-state index in [9.17, 15) is 5.11 Å². The molecule has 0 aromatic heterocycles. The van der Waals surface area contributed by atoms with E-state index in [2.05, 4.69) is 11.0 Å². The summed E-state index contributed by atoms with van der Waals surface area (Å²) in [6.45, 7) is 2.79. The number of methoxy groups -OCH3 is 1. The molecule has 1 N–H and O–H groups in total. The topological polar surface area (TPSA) is 56.5 Å². The van der Waals surface area contributed by atoms with Crippen LogP contribution in [0.2, 0.25) is 0 Å². The zero-order valence-corrected chi connectivity index (χ0v) is 15.1. The summed E-state index contributed by atoms with van der Waals surface area (Å²) >= 11 is 0. The van der Waals surface area contributed by atoms with Crippen LogP contribution in [-0.4, -0.2) is 30.2 Å². The summed E-state index contributed by atoms with van der Waals surface area (Å²) in [5, 5.41) is 20.4. The lowest BCUT2D eigenvalue weighted by molar-refractivity contribution is -0.00699. The van der Waals surface area contributed by atoms with E-state index >= 15 is 0 Å². The minimum absolute atomic E-state index is 0.257. The molecule has 2 fully saturated rings. The van der Waals surface area contributed by atoms with Gasteiger partial charge in [-0.2, -0.15) is 5.26 Å². The van der Waals surface area contributed by atoms with Gasteiger partial charge in [-0.25, -0.2) is 0 Å². The number of nitriles is 1. The van der Waals surface area contributed by atoms with Gasteiger partial charge in [0.05, 0.1) is 24.3 Å². The molecule has 4 rings (SSSR count). The minimum atomic E-state index is -0.765. The second-order valence-electron chi connectivity index (χ2n) is 7.56. The van der Waals surface area contributed by atoms with Crippen LogP contribution in [-0.2, 0) is 12.1 Å². The molecule has 1 saturated carbocycles. The van der Waals surface area contributed by atoms with Gasteiger partial charge in [0.15, 0.2) is 0 Å². The number of nitrogens with zero attached hydrogens (tertiary/aromatic N) is 2. The van der Waals surface area contributed by atoms with Crippen LogP contribution in [0, 0.1) is 23.2 Å². The lowest BCUT2D eigenvalue weighted by atomic mass is 9.82. The Hall–Kier alpha value is -2.35. The first-order valence-corrected chi connectivity index (χ1v) is 9.20. The molecule has 4 nitrogen and oxygen atoms in total. The molecule has 2 aromatic carbocycles. The molecular formula is C22H24N2O2. The molecule has 1 saturated heterocycles. The van der Waals surface area contributed by atoms with Crippen molar-refractivity contribution in [3.05, 3.63) is 65.2 Å². The summed E-state index contributed by atoms with van der Waals surface area (Å²) in [4.78, 5) is 2.43. The summed E-state index contributed by atoms with van der Waals surface area (Å²) in [6, 6.07) is 17.8. The van der Waals surface area contributed by atoms with Gasteiger partial charge in [0.1, 0.15) is 5.75 Å². The predicted molar refractivity (Wildman–Crippen MR) is 99.5 cm³/mol. The van der Waals surface area contributed by atoms with Crippen molar-refractivity contribution in [3.8, 4) is 11.8 Å². The number of benzene rings is 2. The van der Waals surface area contributed by atoms with Crippen molar-refractivity contribution in [2.24, 2.45) is 11.8 Å². The van der Waals surface area contributed by atoms with E-state index in [1.54, 1.807) is 7.11 Å². The molecule has 1 aliphatic heterocycles. The van der Waals surface area contributed by atoms with Gasteiger partial charge in [-0.15, -0.1) is 0 Å². The highest BCUT2D eigenvalue weighted by molar-refractivity contribution is 5.35. The van der Waals surface area contributed by atoms with Gasteiger partial charge in [-0.05, 0) is 54.2 Å². The van der Waals surface area contributed by atoms with Gasteiger partial charge in [0.2, 0.25) is 0 Å². The van der Waals surface area contributed by atoms with Crippen LogP contribution >= 0.6 is 0 Å². The second-order valence-corrected chi connectivity index (χ2v) is 7.56. The van der Waals surface area contributed by atoms with E-state index in [0.717, 1.165) is 43.8 Å². The highest BCUT2D eigenvalue weighted by Gasteiger charge is 2.52. The van der Waals surface area contributed by atoms with Gasteiger partial charge in [0.25, 0.3) is 0 Å². The van der Waals surface area contributed by atoms with Crippen molar-refractivity contribution in [1.29, 1.82) is 5.26 Å². The standard InChI is InChI=1S/C22H24N2O2/c1-26-20-4-2-3-19(11-20)22(25)10-9-18-14-24(15-21(18)22)13-17-7-5-16(12-23)6-8-17/h2-8,11,18,21,25H,9-10,13-15H2,1H3/t18-,21+,22+/m1/s1. The predicted octanol–water partition coefficient (Wildman–Crippen LogP) is 3.30. The highest BCUT2D eigenvalue weighted by Crippen LogP contribution is 2.51. The molecule has 2 aromatic rings. The maximum atomic E-state index is 11.5. The van der Waals surface area contributed by atoms with E-state index < -0.39 is 5.60 Å². The third kappa shape index (κ3) is 2.98. The Morgan fingerprint density at radius 3 is 2.77 bits per heavy atom. The SMILES string of the molecule is COc1cccc([C@@]2(O)CC[C@@H]3CN(Cc4ccc(C#N)cc4)C[C@@H]32)c1. The summed E-state index contributed by atoms with van der Waals surface area (Å²) in [5.74, 6) is 1.59. The van der Waals surface area contributed by atoms with E-state index in [-0.39, 0.29) is 5.92 Å². The Bertz CT molecular complexity index is 827. The average molecular weight is 348 g/mol. The molecule has 0 unspecified atom stereocenters. The van der Waals surface area contributed by atoms with Crippen LogP contribution in [0.5, 0.6) is 5.75 Å². The normalized spacial score (nSPS) is 27.9.